The second kappa shape index (κ2) is 6.41. The van der Waals surface area contributed by atoms with E-state index in [2.05, 4.69) is 18.3 Å². The maximum atomic E-state index is 12.3. The van der Waals surface area contributed by atoms with E-state index in [1.165, 1.54) is 25.7 Å². The number of nitrogens with zero attached hydrogens (tertiary/aromatic N) is 1. The van der Waals surface area contributed by atoms with E-state index in [0.717, 1.165) is 44.4 Å². The van der Waals surface area contributed by atoms with Crippen molar-refractivity contribution in [3.05, 3.63) is 0 Å². The molecule has 0 heterocycles. The average molecular weight is 262 g/mol. The van der Waals surface area contributed by atoms with Crippen molar-refractivity contribution in [2.75, 3.05) is 0 Å². The minimum absolute atomic E-state index is 0.00596. The van der Waals surface area contributed by atoms with Crippen LogP contribution in [-0.4, -0.2) is 11.9 Å². The number of carbonyl (C=O) groups is 1. The Balaban J connectivity index is 1.82. The molecule has 2 rings (SSSR count). The second-order valence-corrected chi connectivity index (χ2v) is 6.38. The smallest absolute Gasteiger partial charge is 0.240 e. The van der Waals surface area contributed by atoms with Crippen LogP contribution in [0.2, 0.25) is 0 Å². The van der Waals surface area contributed by atoms with Gasteiger partial charge in [-0.05, 0) is 44.4 Å². The maximum Gasteiger partial charge on any atom is 0.240 e. The van der Waals surface area contributed by atoms with Gasteiger partial charge < -0.3 is 5.32 Å². The topological polar surface area (TPSA) is 52.9 Å². The van der Waals surface area contributed by atoms with E-state index in [1.54, 1.807) is 0 Å². The molecule has 1 N–H and O–H groups in total. The molecule has 3 heteroatoms. The van der Waals surface area contributed by atoms with Gasteiger partial charge in [-0.2, -0.15) is 5.26 Å². The van der Waals surface area contributed by atoms with Crippen LogP contribution in [-0.2, 0) is 4.79 Å². The molecule has 2 fully saturated rings. The molecule has 1 amide bonds. The van der Waals surface area contributed by atoms with Crippen LogP contribution in [0.25, 0.3) is 0 Å². The molecule has 106 valence electrons. The molecule has 3 nitrogen and oxygen atoms in total. The summed E-state index contributed by atoms with van der Waals surface area (Å²) in [5.41, 5.74) is -0.708. The van der Waals surface area contributed by atoms with Crippen molar-refractivity contribution in [2.45, 2.75) is 77.2 Å². The van der Waals surface area contributed by atoms with Gasteiger partial charge in [0.2, 0.25) is 5.91 Å². The van der Waals surface area contributed by atoms with E-state index >= 15 is 0 Å². The lowest BCUT2D eigenvalue weighted by Gasteiger charge is -2.31. The Labute approximate surface area is 116 Å². The Morgan fingerprint density at radius 3 is 2.42 bits per heavy atom. The predicted molar refractivity (Wildman–Crippen MR) is 75.3 cm³/mol. The van der Waals surface area contributed by atoms with Crippen LogP contribution in [0, 0.1) is 22.7 Å². The summed E-state index contributed by atoms with van der Waals surface area (Å²) >= 11 is 0. The van der Waals surface area contributed by atoms with E-state index in [9.17, 15) is 10.1 Å². The lowest BCUT2D eigenvalue weighted by molar-refractivity contribution is -0.129. The average Bonchev–Trinajstić information content (AvgIpc) is 2.91. The molecule has 2 saturated carbocycles. The fourth-order valence-electron chi connectivity index (χ4n) is 3.70. The Morgan fingerprint density at radius 1 is 1.26 bits per heavy atom. The largest absolute Gasteiger partial charge is 0.352 e. The highest BCUT2D eigenvalue weighted by atomic mass is 16.2. The first kappa shape index (κ1) is 14.4. The van der Waals surface area contributed by atoms with E-state index < -0.39 is 5.41 Å². The summed E-state index contributed by atoms with van der Waals surface area (Å²) in [5.74, 6) is 0.862. The molecule has 19 heavy (non-hydrogen) atoms. The standard InChI is InChI=1S/C16H26N2O/c1-2-5-13-6-8-14(9-7-13)18-15(19)16(12-17)10-3-4-11-16/h13-14H,2-11H2,1H3,(H,18,19). The zero-order valence-electron chi connectivity index (χ0n) is 12.1. The van der Waals surface area contributed by atoms with Gasteiger partial charge in [0.1, 0.15) is 5.41 Å². The van der Waals surface area contributed by atoms with Crippen LogP contribution >= 0.6 is 0 Å². The van der Waals surface area contributed by atoms with Crippen molar-refractivity contribution < 1.29 is 4.79 Å². The van der Waals surface area contributed by atoms with Gasteiger partial charge in [0.15, 0.2) is 0 Å². The first-order valence-electron chi connectivity index (χ1n) is 7.92. The highest BCUT2D eigenvalue weighted by Crippen LogP contribution is 2.38. The minimum atomic E-state index is -0.708. The molecule has 0 aliphatic heterocycles. The van der Waals surface area contributed by atoms with E-state index in [0.29, 0.717) is 6.04 Å². The van der Waals surface area contributed by atoms with Crippen LogP contribution in [0.3, 0.4) is 0 Å². The van der Waals surface area contributed by atoms with Gasteiger partial charge in [-0.25, -0.2) is 0 Å². The van der Waals surface area contributed by atoms with Crippen LogP contribution in [0.5, 0.6) is 0 Å². The fraction of sp³-hybridized carbons (Fsp3) is 0.875. The Kier molecular flexibility index (Phi) is 4.85. The molecular formula is C16H26N2O. The van der Waals surface area contributed by atoms with Gasteiger partial charge in [0.05, 0.1) is 6.07 Å². The molecule has 0 aromatic rings. The molecule has 0 aromatic carbocycles. The molecule has 0 saturated heterocycles. The number of nitrogens with one attached hydrogen (secondary N) is 1. The molecule has 0 unspecified atom stereocenters. The Morgan fingerprint density at radius 2 is 1.89 bits per heavy atom. The van der Waals surface area contributed by atoms with Crippen LogP contribution < -0.4 is 5.32 Å². The first-order chi connectivity index (χ1) is 9.20. The summed E-state index contributed by atoms with van der Waals surface area (Å²) in [7, 11) is 0. The molecule has 0 bridgehead atoms. The van der Waals surface area contributed by atoms with Crippen molar-refractivity contribution in [1.82, 2.24) is 5.32 Å². The van der Waals surface area contributed by atoms with E-state index in [4.69, 9.17) is 0 Å². The molecule has 2 aliphatic rings. The predicted octanol–water partition coefficient (Wildman–Crippen LogP) is 3.55. The monoisotopic (exact) mass is 262 g/mol. The normalized spacial score (nSPS) is 29.7. The Hall–Kier alpha value is -1.04. The Bertz CT molecular complexity index is 344. The van der Waals surface area contributed by atoms with Crippen LogP contribution in [0.1, 0.15) is 71.1 Å². The first-order valence-corrected chi connectivity index (χ1v) is 7.92. The number of hydrogen-bond acceptors (Lipinski definition) is 2. The van der Waals surface area contributed by atoms with E-state index in [1.807, 2.05) is 0 Å². The lowest BCUT2D eigenvalue weighted by Crippen LogP contribution is -2.45. The fourth-order valence-corrected chi connectivity index (χ4v) is 3.70. The molecule has 2 aliphatic carbocycles. The number of carbonyl (C=O) groups excluding carboxylic acids is 1. The molecule has 0 aromatic heterocycles. The minimum Gasteiger partial charge on any atom is -0.352 e. The second-order valence-electron chi connectivity index (χ2n) is 6.38. The van der Waals surface area contributed by atoms with Gasteiger partial charge in [-0.1, -0.05) is 32.6 Å². The molecule has 0 radical (unpaired) electrons. The van der Waals surface area contributed by atoms with Crippen molar-refractivity contribution >= 4 is 5.91 Å². The third-order valence-corrected chi connectivity index (χ3v) is 4.98. The summed E-state index contributed by atoms with van der Waals surface area (Å²) < 4.78 is 0. The number of amides is 1. The summed E-state index contributed by atoms with van der Waals surface area (Å²) in [6.07, 6.45) is 10.8. The lowest BCUT2D eigenvalue weighted by atomic mass is 9.82. The number of hydrogen-bond donors (Lipinski definition) is 1. The maximum absolute atomic E-state index is 12.3. The third kappa shape index (κ3) is 3.29. The molecular weight excluding hydrogens is 236 g/mol. The summed E-state index contributed by atoms with van der Waals surface area (Å²) in [4.78, 5) is 12.3. The molecule has 0 atom stereocenters. The van der Waals surface area contributed by atoms with Gasteiger partial charge in [0.25, 0.3) is 0 Å². The van der Waals surface area contributed by atoms with Gasteiger partial charge >= 0.3 is 0 Å². The summed E-state index contributed by atoms with van der Waals surface area (Å²) in [6.45, 7) is 2.24. The quantitative estimate of drug-likeness (QED) is 0.842. The van der Waals surface area contributed by atoms with Crippen molar-refractivity contribution in [2.24, 2.45) is 11.3 Å². The number of rotatable bonds is 4. The summed E-state index contributed by atoms with van der Waals surface area (Å²) in [5, 5.41) is 12.5. The van der Waals surface area contributed by atoms with Crippen molar-refractivity contribution in [3.8, 4) is 6.07 Å². The zero-order chi connectivity index (χ0) is 13.7. The highest BCUT2D eigenvalue weighted by Gasteiger charge is 2.42. The van der Waals surface area contributed by atoms with E-state index in [-0.39, 0.29) is 5.91 Å². The van der Waals surface area contributed by atoms with Gasteiger partial charge in [-0.15, -0.1) is 0 Å². The van der Waals surface area contributed by atoms with Crippen molar-refractivity contribution in [1.29, 1.82) is 5.26 Å². The number of nitriles is 1. The highest BCUT2D eigenvalue weighted by molar-refractivity contribution is 5.85. The van der Waals surface area contributed by atoms with Crippen LogP contribution in [0.4, 0.5) is 0 Å². The van der Waals surface area contributed by atoms with Gasteiger partial charge in [-0.3, -0.25) is 4.79 Å². The SMILES string of the molecule is CCCC1CCC(NC(=O)C2(C#N)CCCC2)CC1. The summed E-state index contributed by atoms with van der Waals surface area (Å²) in [6, 6.07) is 2.60. The molecule has 0 spiro atoms. The third-order valence-electron chi connectivity index (χ3n) is 4.98. The van der Waals surface area contributed by atoms with Gasteiger partial charge in [0, 0.05) is 6.04 Å². The van der Waals surface area contributed by atoms with Crippen LogP contribution in [0.15, 0.2) is 0 Å². The zero-order valence-corrected chi connectivity index (χ0v) is 12.1. The van der Waals surface area contributed by atoms with Crippen molar-refractivity contribution in [3.63, 3.8) is 0 Å².